The molecule has 1 N–H and O–H groups in total. The van der Waals surface area contributed by atoms with Crippen LogP contribution in [0, 0.1) is 11.8 Å². The Morgan fingerprint density at radius 3 is 1.74 bits per heavy atom. The van der Waals surface area contributed by atoms with Crippen LogP contribution in [0.4, 0.5) is 0 Å². The number of esters is 1. The monoisotopic (exact) mass is 468 g/mol. The molecule has 1 aliphatic rings. The van der Waals surface area contributed by atoms with Crippen molar-refractivity contribution in [1.29, 1.82) is 0 Å². The average molecular weight is 469 g/mol. The Balaban J connectivity index is 1.63. The number of carbonyl (C=O) groups is 1. The van der Waals surface area contributed by atoms with Crippen molar-refractivity contribution in [3.63, 3.8) is 0 Å². The first-order valence-corrected chi connectivity index (χ1v) is 12.7. The highest BCUT2D eigenvalue weighted by molar-refractivity contribution is 5.91. The summed E-state index contributed by atoms with van der Waals surface area (Å²) in [6.07, 6.45) is 3.95. The molecule has 1 atom stereocenters. The lowest BCUT2D eigenvalue weighted by molar-refractivity contribution is -0.162. The van der Waals surface area contributed by atoms with Crippen LogP contribution in [-0.4, -0.2) is 16.7 Å². The predicted octanol–water partition coefficient (Wildman–Crippen LogP) is 7.26. The number of carbonyl (C=O) groups excluding carboxylic acids is 1. The SMILES string of the molecule is CC(C)CC1(CCc2ccccc2)CC(O)=C(C(Cc2ccccc2)Cc2ccccc2)C(=O)O1. The van der Waals surface area contributed by atoms with Crippen molar-refractivity contribution < 1.29 is 14.6 Å². The maximum absolute atomic E-state index is 13.6. The summed E-state index contributed by atoms with van der Waals surface area (Å²) >= 11 is 0. The molecule has 1 unspecified atom stereocenters. The number of rotatable bonds is 10. The Hall–Kier alpha value is -3.33. The third kappa shape index (κ3) is 6.63. The molecule has 0 bridgehead atoms. The molecule has 0 fully saturated rings. The highest BCUT2D eigenvalue weighted by Gasteiger charge is 2.43. The molecule has 3 nitrogen and oxygen atoms in total. The molecule has 0 saturated carbocycles. The maximum atomic E-state index is 13.6. The van der Waals surface area contributed by atoms with Gasteiger partial charge in [-0.3, -0.25) is 0 Å². The second-order valence-corrected chi connectivity index (χ2v) is 10.3. The van der Waals surface area contributed by atoms with Gasteiger partial charge < -0.3 is 9.84 Å². The number of benzene rings is 3. The summed E-state index contributed by atoms with van der Waals surface area (Å²) in [6, 6.07) is 30.6. The van der Waals surface area contributed by atoms with Gasteiger partial charge in [-0.05, 0) is 54.7 Å². The zero-order valence-electron chi connectivity index (χ0n) is 20.8. The molecule has 0 aliphatic carbocycles. The number of hydrogen-bond acceptors (Lipinski definition) is 3. The van der Waals surface area contributed by atoms with E-state index in [0.717, 1.165) is 24.0 Å². The molecule has 3 aromatic carbocycles. The second kappa shape index (κ2) is 11.4. The van der Waals surface area contributed by atoms with Gasteiger partial charge in [-0.25, -0.2) is 4.79 Å². The summed E-state index contributed by atoms with van der Waals surface area (Å²) in [5, 5.41) is 11.4. The van der Waals surface area contributed by atoms with Crippen molar-refractivity contribution in [2.75, 3.05) is 0 Å². The number of hydrogen-bond donors (Lipinski definition) is 1. The van der Waals surface area contributed by atoms with Crippen molar-refractivity contribution in [2.45, 2.75) is 58.0 Å². The molecule has 35 heavy (non-hydrogen) atoms. The molecule has 3 heteroatoms. The summed E-state index contributed by atoms with van der Waals surface area (Å²) in [7, 11) is 0. The van der Waals surface area contributed by atoms with E-state index in [0.29, 0.717) is 37.2 Å². The molecular weight excluding hydrogens is 432 g/mol. The van der Waals surface area contributed by atoms with E-state index in [4.69, 9.17) is 4.74 Å². The van der Waals surface area contributed by atoms with Gasteiger partial charge in [0.25, 0.3) is 0 Å². The van der Waals surface area contributed by atoms with Gasteiger partial charge in [0, 0.05) is 12.3 Å². The van der Waals surface area contributed by atoms with Gasteiger partial charge in [-0.1, -0.05) is 105 Å². The van der Waals surface area contributed by atoms with E-state index < -0.39 is 5.60 Å². The van der Waals surface area contributed by atoms with Crippen molar-refractivity contribution in [2.24, 2.45) is 11.8 Å². The molecule has 3 aromatic rings. The first-order chi connectivity index (χ1) is 16.9. The molecule has 0 saturated heterocycles. The van der Waals surface area contributed by atoms with Gasteiger partial charge in [0.2, 0.25) is 0 Å². The Kier molecular flexibility index (Phi) is 8.07. The van der Waals surface area contributed by atoms with Crippen LogP contribution < -0.4 is 0 Å². The van der Waals surface area contributed by atoms with E-state index >= 15 is 0 Å². The number of ether oxygens (including phenoxy) is 1. The lowest BCUT2D eigenvalue weighted by Gasteiger charge is -2.40. The van der Waals surface area contributed by atoms with Crippen molar-refractivity contribution >= 4 is 5.97 Å². The van der Waals surface area contributed by atoms with Crippen LogP contribution in [-0.2, 0) is 28.8 Å². The van der Waals surface area contributed by atoms with Crippen LogP contribution in [0.5, 0.6) is 0 Å². The molecule has 0 amide bonds. The normalized spacial score (nSPS) is 18.2. The summed E-state index contributed by atoms with van der Waals surface area (Å²) < 4.78 is 6.29. The lowest BCUT2D eigenvalue weighted by Crippen LogP contribution is -2.43. The second-order valence-electron chi connectivity index (χ2n) is 10.3. The Morgan fingerprint density at radius 1 is 0.800 bits per heavy atom. The summed E-state index contributed by atoms with van der Waals surface area (Å²) in [4.78, 5) is 13.6. The zero-order chi connectivity index (χ0) is 24.7. The number of aryl methyl sites for hydroxylation is 1. The molecule has 0 spiro atoms. The van der Waals surface area contributed by atoms with Crippen LogP contribution >= 0.6 is 0 Å². The van der Waals surface area contributed by atoms with Crippen LogP contribution in [0.1, 0.15) is 49.8 Å². The number of aliphatic hydroxyl groups is 1. The van der Waals surface area contributed by atoms with Crippen molar-refractivity contribution in [3.8, 4) is 0 Å². The molecule has 1 heterocycles. The predicted molar refractivity (Wildman–Crippen MR) is 141 cm³/mol. The Labute approximate surface area is 209 Å². The molecule has 182 valence electrons. The zero-order valence-corrected chi connectivity index (χ0v) is 20.8. The van der Waals surface area contributed by atoms with E-state index in [9.17, 15) is 9.90 Å². The van der Waals surface area contributed by atoms with Crippen LogP contribution in [0.15, 0.2) is 102 Å². The highest BCUT2D eigenvalue weighted by atomic mass is 16.6. The van der Waals surface area contributed by atoms with Gasteiger partial charge in [0.1, 0.15) is 11.4 Å². The fourth-order valence-electron chi connectivity index (χ4n) is 5.40. The van der Waals surface area contributed by atoms with Crippen molar-refractivity contribution in [1.82, 2.24) is 0 Å². The van der Waals surface area contributed by atoms with Crippen LogP contribution in [0.3, 0.4) is 0 Å². The quantitative estimate of drug-likeness (QED) is 0.318. The van der Waals surface area contributed by atoms with E-state index in [1.54, 1.807) is 0 Å². The Bertz CT molecular complexity index is 1080. The number of cyclic esters (lactones) is 1. The minimum atomic E-state index is -0.682. The van der Waals surface area contributed by atoms with Crippen molar-refractivity contribution in [3.05, 3.63) is 119 Å². The molecule has 0 aromatic heterocycles. The van der Waals surface area contributed by atoms with Crippen LogP contribution in [0.25, 0.3) is 0 Å². The summed E-state index contributed by atoms with van der Waals surface area (Å²) in [5.41, 5.74) is 3.26. The van der Waals surface area contributed by atoms with E-state index in [2.05, 4.69) is 50.2 Å². The lowest BCUT2D eigenvalue weighted by atomic mass is 9.78. The van der Waals surface area contributed by atoms with Gasteiger partial charge in [0.15, 0.2) is 0 Å². The highest BCUT2D eigenvalue weighted by Crippen LogP contribution is 2.40. The molecule has 0 radical (unpaired) electrons. The Morgan fingerprint density at radius 2 is 1.29 bits per heavy atom. The number of aliphatic hydroxyl groups excluding tert-OH is 1. The van der Waals surface area contributed by atoms with Gasteiger partial charge in [0.05, 0.1) is 5.57 Å². The fourth-order valence-corrected chi connectivity index (χ4v) is 5.40. The van der Waals surface area contributed by atoms with E-state index in [-0.39, 0.29) is 17.6 Å². The summed E-state index contributed by atoms with van der Waals surface area (Å²) in [6.45, 7) is 4.28. The maximum Gasteiger partial charge on any atom is 0.338 e. The van der Waals surface area contributed by atoms with E-state index in [1.165, 1.54) is 5.56 Å². The van der Waals surface area contributed by atoms with Gasteiger partial charge >= 0.3 is 5.97 Å². The molecular formula is C32H36O3. The average Bonchev–Trinajstić information content (AvgIpc) is 2.84. The fraction of sp³-hybridized carbons (Fsp3) is 0.344. The van der Waals surface area contributed by atoms with Gasteiger partial charge in [-0.2, -0.15) is 0 Å². The van der Waals surface area contributed by atoms with E-state index in [1.807, 2.05) is 54.6 Å². The standard InChI is InChI=1S/C32H36O3/c1-24(2)22-32(19-18-25-12-6-3-7-13-25)23-29(33)30(31(34)35-32)28(20-26-14-8-4-9-15-26)21-27-16-10-5-11-17-27/h3-17,24,28,33H,18-23H2,1-2H3. The van der Waals surface area contributed by atoms with Gasteiger partial charge in [-0.15, -0.1) is 0 Å². The third-order valence-corrected chi connectivity index (χ3v) is 6.88. The summed E-state index contributed by atoms with van der Waals surface area (Å²) in [5.74, 6) is 0.0296. The minimum absolute atomic E-state index is 0.154. The first kappa shape index (κ1) is 24.8. The first-order valence-electron chi connectivity index (χ1n) is 12.7. The van der Waals surface area contributed by atoms with Crippen LogP contribution in [0.2, 0.25) is 0 Å². The third-order valence-electron chi connectivity index (χ3n) is 6.88. The largest absolute Gasteiger partial charge is 0.512 e. The minimum Gasteiger partial charge on any atom is -0.512 e. The molecule has 1 aliphatic heterocycles. The molecule has 4 rings (SSSR count). The topological polar surface area (TPSA) is 46.5 Å². The smallest absolute Gasteiger partial charge is 0.338 e.